The van der Waals surface area contributed by atoms with Crippen LogP contribution in [0.5, 0.6) is 0 Å². The Labute approximate surface area is 110 Å². The highest BCUT2D eigenvalue weighted by molar-refractivity contribution is 5.94. The molecule has 0 aliphatic carbocycles. The fourth-order valence-corrected chi connectivity index (χ4v) is 2.77. The number of hydrogen-bond acceptors (Lipinski definition) is 3. The van der Waals surface area contributed by atoms with Crippen molar-refractivity contribution in [3.05, 3.63) is 29.8 Å². The van der Waals surface area contributed by atoms with E-state index >= 15 is 0 Å². The summed E-state index contributed by atoms with van der Waals surface area (Å²) in [6.07, 6.45) is 2.65. The van der Waals surface area contributed by atoms with Crippen molar-refractivity contribution in [1.82, 2.24) is 14.8 Å². The Bertz CT molecular complexity index is 534. The van der Waals surface area contributed by atoms with Gasteiger partial charge in [-0.15, -0.1) is 0 Å². The number of carbonyl (C=O) groups is 2. The first kappa shape index (κ1) is 12.1. The number of aromatic nitrogens is 1. The van der Waals surface area contributed by atoms with Gasteiger partial charge in [-0.3, -0.25) is 9.59 Å². The third-order valence-electron chi connectivity index (χ3n) is 3.76. The number of carbonyl (C=O) groups excluding carboxylic acids is 2. The van der Waals surface area contributed by atoms with E-state index in [1.165, 1.54) is 12.3 Å². The van der Waals surface area contributed by atoms with Crippen LogP contribution in [0.1, 0.15) is 23.2 Å². The summed E-state index contributed by atoms with van der Waals surface area (Å²) in [5.41, 5.74) is 0.310. The van der Waals surface area contributed by atoms with Gasteiger partial charge >= 0.3 is 0 Å². The van der Waals surface area contributed by atoms with Crippen molar-refractivity contribution in [2.75, 3.05) is 19.6 Å². The highest BCUT2D eigenvalue weighted by Crippen LogP contribution is 2.23. The molecule has 1 atom stereocenters. The van der Waals surface area contributed by atoms with Crippen molar-refractivity contribution < 1.29 is 14.0 Å². The standard InChI is InChI=1S/C13H14FN3O2/c14-11-7-9(3-4-15-11)13(19)16-5-6-17-10(8-16)1-2-12(17)18/h3-4,7,10H,1-2,5-6,8H2. The maximum atomic E-state index is 13.0. The van der Waals surface area contributed by atoms with Gasteiger partial charge in [-0.1, -0.05) is 0 Å². The zero-order valence-electron chi connectivity index (χ0n) is 10.4. The van der Waals surface area contributed by atoms with Crippen molar-refractivity contribution in [3.63, 3.8) is 0 Å². The molecular formula is C13H14FN3O2. The van der Waals surface area contributed by atoms with E-state index in [2.05, 4.69) is 4.98 Å². The summed E-state index contributed by atoms with van der Waals surface area (Å²) in [7, 11) is 0. The number of halogens is 1. The van der Waals surface area contributed by atoms with Crippen LogP contribution in [0.3, 0.4) is 0 Å². The molecule has 1 unspecified atom stereocenters. The van der Waals surface area contributed by atoms with Crippen LogP contribution in [0.4, 0.5) is 4.39 Å². The summed E-state index contributed by atoms with van der Waals surface area (Å²) in [5, 5.41) is 0. The van der Waals surface area contributed by atoms with E-state index in [0.717, 1.165) is 12.5 Å². The van der Waals surface area contributed by atoms with Crippen molar-refractivity contribution in [3.8, 4) is 0 Å². The molecule has 0 aromatic carbocycles. The lowest BCUT2D eigenvalue weighted by Crippen LogP contribution is -2.53. The highest BCUT2D eigenvalue weighted by atomic mass is 19.1. The Balaban J connectivity index is 1.74. The van der Waals surface area contributed by atoms with Gasteiger partial charge in [0.1, 0.15) is 0 Å². The summed E-state index contributed by atoms with van der Waals surface area (Å²) in [4.78, 5) is 30.8. The van der Waals surface area contributed by atoms with Crippen LogP contribution in [-0.2, 0) is 4.79 Å². The lowest BCUT2D eigenvalue weighted by atomic mass is 10.1. The average Bonchev–Trinajstić information content (AvgIpc) is 2.79. The summed E-state index contributed by atoms with van der Waals surface area (Å²) < 4.78 is 13.0. The molecule has 19 heavy (non-hydrogen) atoms. The van der Waals surface area contributed by atoms with Gasteiger partial charge in [0.05, 0.1) is 0 Å². The summed E-state index contributed by atoms with van der Waals surface area (Å²) in [6, 6.07) is 2.78. The predicted molar refractivity (Wildman–Crippen MR) is 64.8 cm³/mol. The molecule has 0 radical (unpaired) electrons. The van der Waals surface area contributed by atoms with Gasteiger partial charge in [0.15, 0.2) is 0 Å². The maximum Gasteiger partial charge on any atom is 0.254 e. The first-order valence-corrected chi connectivity index (χ1v) is 6.35. The van der Waals surface area contributed by atoms with Crippen LogP contribution in [-0.4, -0.2) is 52.3 Å². The zero-order valence-corrected chi connectivity index (χ0v) is 10.4. The Kier molecular flexibility index (Phi) is 2.93. The molecule has 2 saturated heterocycles. The smallest absolute Gasteiger partial charge is 0.254 e. The molecule has 0 N–H and O–H groups in total. The van der Waals surface area contributed by atoms with E-state index in [1.54, 1.807) is 4.90 Å². The van der Waals surface area contributed by atoms with Crippen LogP contribution in [0.2, 0.25) is 0 Å². The molecule has 6 heteroatoms. The van der Waals surface area contributed by atoms with Crippen LogP contribution in [0.25, 0.3) is 0 Å². The molecule has 0 spiro atoms. The molecule has 3 rings (SSSR count). The van der Waals surface area contributed by atoms with Gasteiger partial charge in [0.25, 0.3) is 5.91 Å². The number of piperazine rings is 1. The Morgan fingerprint density at radius 2 is 2.26 bits per heavy atom. The normalized spacial score (nSPS) is 22.6. The number of hydrogen-bond donors (Lipinski definition) is 0. The molecule has 3 heterocycles. The second-order valence-electron chi connectivity index (χ2n) is 4.90. The van der Waals surface area contributed by atoms with Gasteiger partial charge in [0.2, 0.25) is 11.9 Å². The van der Waals surface area contributed by atoms with E-state index in [9.17, 15) is 14.0 Å². The second-order valence-corrected chi connectivity index (χ2v) is 4.90. The fourth-order valence-electron chi connectivity index (χ4n) is 2.77. The largest absolute Gasteiger partial charge is 0.336 e. The Morgan fingerprint density at radius 3 is 3.05 bits per heavy atom. The quantitative estimate of drug-likeness (QED) is 0.700. The van der Waals surface area contributed by atoms with Gasteiger partial charge in [-0.2, -0.15) is 4.39 Å². The monoisotopic (exact) mass is 263 g/mol. The van der Waals surface area contributed by atoms with E-state index in [1.807, 2.05) is 4.90 Å². The van der Waals surface area contributed by atoms with Crippen molar-refractivity contribution >= 4 is 11.8 Å². The average molecular weight is 263 g/mol. The molecule has 1 aromatic rings. The van der Waals surface area contributed by atoms with E-state index in [0.29, 0.717) is 31.6 Å². The number of fused-ring (bicyclic) bond motifs is 1. The van der Waals surface area contributed by atoms with E-state index in [-0.39, 0.29) is 17.9 Å². The Hall–Kier alpha value is -1.98. The molecule has 2 fully saturated rings. The predicted octanol–water partition coefficient (Wildman–Crippen LogP) is 0.667. The molecule has 0 saturated carbocycles. The van der Waals surface area contributed by atoms with E-state index < -0.39 is 5.95 Å². The molecule has 2 aliphatic heterocycles. The molecule has 2 amide bonds. The number of amides is 2. The maximum absolute atomic E-state index is 13.0. The van der Waals surface area contributed by atoms with Crippen LogP contribution in [0, 0.1) is 5.95 Å². The molecule has 2 aliphatic rings. The second kappa shape index (κ2) is 4.60. The SMILES string of the molecule is O=C(c1ccnc(F)c1)N1CCN2C(=O)CCC2C1. The lowest BCUT2D eigenvalue weighted by Gasteiger charge is -2.37. The molecule has 0 bridgehead atoms. The lowest BCUT2D eigenvalue weighted by molar-refractivity contribution is -0.130. The first-order chi connectivity index (χ1) is 9.15. The highest BCUT2D eigenvalue weighted by Gasteiger charge is 2.37. The van der Waals surface area contributed by atoms with Crippen molar-refractivity contribution in [2.24, 2.45) is 0 Å². The minimum Gasteiger partial charge on any atom is -0.336 e. The van der Waals surface area contributed by atoms with Gasteiger partial charge in [-0.25, -0.2) is 4.98 Å². The van der Waals surface area contributed by atoms with Gasteiger partial charge in [0, 0.05) is 49.9 Å². The zero-order chi connectivity index (χ0) is 13.4. The Morgan fingerprint density at radius 1 is 1.42 bits per heavy atom. The van der Waals surface area contributed by atoms with Gasteiger partial charge in [-0.05, 0) is 12.5 Å². The van der Waals surface area contributed by atoms with Crippen LogP contribution >= 0.6 is 0 Å². The van der Waals surface area contributed by atoms with Crippen LogP contribution in [0.15, 0.2) is 18.3 Å². The molecular weight excluding hydrogens is 249 g/mol. The molecule has 100 valence electrons. The fraction of sp³-hybridized carbons (Fsp3) is 0.462. The van der Waals surface area contributed by atoms with E-state index in [4.69, 9.17) is 0 Å². The van der Waals surface area contributed by atoms with Gasteiger partial charge < -0.3 is 9.80 Å². The summed E-state index contributed by atoms with van der Waals surface area (Å²) >= 11 is 0. The minimum absolute atomic E-state index is 0.122. The molecule has 5 nitrogen and oxygen atoms in total. The molecule has 1 aromatic heterocycles. The first-order valence-electron chi connectivity index (χ1n) is 6.35. The minimum atomic E-state index is -0.652. The number of rotatable bonds is 1. The third-order valence-corrected chi connectivity index (χ3v) is 3.76. The van der Waals surface area contributed by atoms with Crippen molar-refractivity contribution in [1.29, 1.82) is 0 Å². The van der Waals surface area contributed by atoms with Crippen LogP contribution < -0.4 is 0 Å². The topological polar surface area (TPSA) is 53.5 Å². The summed E-state index contributed by atoms with van der Waals surface area (Å²) in [5.74, 6) is -0.673. The number of nitrogens with zero attached hydrogens (tertiary/aromatic N) is 3. The summed E-state index contributed by atoms with van der Waals surface area (Å²) in [6.45, 7) is 1.61. The van der Waals surface area contributed by atoms with Crippen molar-refractivity contribution in [2.45, 2.75) is 18.9 Å². The number of pyridine rings is 1. The third kappa shape index (κ3) is 2.18.